The smallest absolute Gasteiger partial charge is 0.306 e. The van der Waals surface area contributed by atoms with Gasteiger partial charge in [0.25, 0.3) is 0 Å². The van der Waals surface area contributed by atoms with Crippen molar-refractivity contribution in [2.45, 2.75) is 284 Å². The number of hydrogen-bond acceptors (Lipinski definition) is 4. The first-order chi connectivity index (χ1) is 26.8. The summed E-state index contributed by atoms with van der Waals surface area (Å²) in [4.78, 5) is 12.7. The van der Waals surface area contributed by atoms with Crippen molar-refractivity contribution in [2.24, 2.45) is 10.8 Å². The van der Waals surface area contributed by atoms with Gasteiger partial charge < -0.3 is 14.9 Å². The van der Waals surface area contributed by atoms with Gasteiger partial charge in [-0.3, -0.25) is 4.79 Å². The lowest BCUT2D eigenvalue weighted by molar-refractivity contribution is -0.165. The van der Waals surface area contributed by atoms with Crippen molar-refractivity contribution in [2.75, 3.05) is 12.4 Å². The van der Waals surface area contributed by atoms with E-state index in [2.05, 4.69) is 61.5 Å². The van der Waals surface area contributed by atoms with Crippen LogP contribution in [0.1, 0.15) is 267 Å². The number of carbonyl (C=O) groups is 1. The summed E-state index contributed by atoms with van der Waals surface area (Å²) in [5.74, 6) is 0.157. The fourth-order valence-electron chi connectivity index (χ4n) is 9.54. The summed E-state index contributed by atoms with van der Waals surface area (Å²) in [6.45, 7) is 18.3. The minimum absolute atomic E-state index is 0.0658. The van der Waals surface area contributed by atoms with Crippen LogP contribution in [0.15, 0.2) is 11.6 Å². The number of thioether (sulfide) groups is 1. The third-order valence-electron chi connectivity index (χ3n) is 13.5. The van der Waals surface area contributed by atoms with Crippen molar-refractivity contribution in [3.63, 3.8) is 0 Å². The molecule has 5 heteroatoms. The minimum atomic E-state index is -0.969. The van der Waals surface area contributed by atoms with E-state index in [1.54, 1.807) is 0 Å². The number of aliphatic carboxylic acids is 1. The molecule has 4 atom stereocenters. The molecule has 0 saturated heterocycles. The number of ether oxygens (including phenoxy) is 1. The van der Waals surface area contributed by atoms with Gasteiger partial charge in [0.05, 0.1) is 17.3 Å². The maximum atomic E-state index is 12.7. The van der Waals surface area contributed by atoms with Gasteiger partial charge >= 0.3 is 5.97 Å². The zero-order chi connectivity index (χ0) is 41.6. The Balaban J connectivity index is 2.70. The first kappa shape index (κ1) is 53.5. The molecule has 332 valence electrons. The lowest BCUT2D eigenvalue weighted by atomic mass is 9.53. The van der Waals surface area contributed by atoms with E-state index in [0.29, 0.717) is 6.61 Å². The zero-order valence-corrected chi connectivity index (χ0v) is 39.8. The molecule has 0 bridgehead atoms. The third-order valence-corrected chi connectivity index (χ3v) is 15.3. The fourth-order valence-corrected chi connectivity index (χ4v) is 11.2. The molecule has 1 aliphatic rings. The number of hydrogen-bond donors (Lipinski definition) is 2. The number of aliphatic hydroxyl groups excluding tert-OH is 1. The van der Waals surface area contributed by atoms with Crippen LogP contribution in [-0.2, 0) is 9.53 Å². The molecular weight excluding hydrogens is 709 g/mol. The van der Waals surface area contributed by atoms with E-state index in [-0.39, 0.29) is 11.8 Å². The summed E-state index contributed by atoms with van der Waals surface area (Å²) in [7, 11) is 0. The Kier molecular flexibility index (Phi) is 30.0. The quantitative estimate of drug-likeness (QED) is 0.0480. The highest BCUT2D eigenvalue weighted by Gasteiger charge is 2.65. The van der Waals surface area contributed by atoms with Crippen LogP contribution >= 0.6 is 11.8 Å². The molecule has 0 heterocycles. The second-order valence-corrected chi connectivity index (χ2v) is 21.0. The summed E-state index contributed by atoms with van der Waals surface area (Å²) in [5, 5.41) is 22.7. The van der Waals surface area contributed by atoms with E-state index in [1.165, 1.54) is 173 Å². The van der Waals surface area contributed by atoms with Crippen molar-refractivity contribution < 1.29 is 19.7 Å². The molecule has 0 aromatic rings. The molecule has 0 aromatic carbocycles. The number of carboxylic acid groups (broad SMARTS) is 1. The lowest BCUT2D eigenvalue weighted by Crippen LogP contribution is -2.67. The Morgan fingerprint density at radius 2 is 0.964 bits per heavy atom. The van der Waals surface area contributed by atoms with E-state index in [0.717, 1.165) is 43.4 Å². The largest absolute Gasteiger partial charge is 0.481 e. The number of carboxylic acids is 1. The molecule has 0 saturated carbocycles. The van der Waals surface area contributed by atoms with Crippen molar-refractivity contribution in [1.29, 1.82) is 0 Å². The minimum Gasteiger partial charge on any atom is -0.481 e. The SMILES string of the molecule is CCCCCCCCCCCCCCCCCCOC1(CC(=O)O)C=C(C(C)(C)C)C(O)C(C)(SCCCCCCCCCCCCCCCC)C1(C)CCC. The standard InChI is InChI=1S/C51H98O4S/c1-9-12-14-16-18-20-22-24-26-27-28-30-32-34-36-38-41-55-51(44-46(52)53)43-45(48(4,5)6)47(54)50(8,49(51,7)40-11-3)56-42-39-37-35-33-31-29-25-23-21-19-17-15-13-10-2/h43,47,54H,9-42,44H2,1-8H3,(H,52,53). The van der Waals surface area contributed by atoms with Crippen LogP contribution in [0.2, 0.25) is 0 Å². The van der Waals surface area contributed by atoms with Gasteiger partial charge in [0.15, 0.2) is 0 Å². The zero-order valence-electron chi connectivity index (χ0n) is 39.0. The van der Waals surface area contributed by atoms with Gasteiger partial charge in [0.2, 0.25) is 0 Å². The summed E-state index contributed by atoms with van der Waals surface area (Å²) >= 11 is 1.89. The van der Waals surface area contributed by atoms with Crippen molar-refractivity contribution in [3.05, 3.63) is 11.6 Å². The fraction of sp³-hybridized carbons (Fsp3) is 0.941. The molecule has 2 N–H and O–H groups in total. The highest BCUT2D eigenvalue weighted by atomic mass is 32.2. The Morgan fingerprint density at radius 1 is 0.607 bits per heavy atom. The van der Waals surface area contributed by atoms with E-state index < -0.39 is 27.8 Å². The molecule has 0 radical (unpaired) electrons. The number of unbranched alkanes of at least 4 members (excludes halogenated alkanes) is 28. The van der Waals surface area contributed by atoms with Gasteiger partial charge in [-0.05, 0) is 49.0 Å². The van der Waals surface area contributed by atoms with E-state index in [4.69, 9.17) is 4.74 Å². The lowest BCUT2D eigenvalue weighted by Gasteiger charge is -2.62. The number of rotatable bonds is 38. The Labute approximate surface area is 354 Å². The highest BCUT2D eigenvalue weighted by molar-refractivity contribution is 8.00. The summed E-state index contributed by atoms with van der Waals surface area (Å²) in [5.41, 5.74) is -0.874. The normalized spacial score (nSPS) is 22.8. The van der Waals surface area contributed by atoms with Crippen LogP contribution < -0.4 is 0 Å². The molecule has 4 nitrogen and oxygen atoms in total. The van der Waals surface area contributed by atoms with Crippen molar-refractivity contribution in [1.82, 2.24) is 0 Å². The third kappa shape index (κ3) is 20.2. The van der Waals surface area contributed by atoms with Crippen LogP contribution in [-0.4, -0.2) is 45.0 Å². The molecule has 0 fully saturated rings. The van der Waals surface area contributed by atoms with Gasteiger partial charge in [0, 0.05) is 12.0 Å². The first-order valence-electron chi connectivity index (χ1n) is 24.8. The van der Waals surface area contributed by atoms with Crippen LogP contribution in [0.25, 0.3) is 0 Å². The number of aliphatic hydroxyl groups is 1. The maximum absolute atomic E-state index is 12.7. The van der Waals surface area contributed by atoms with E-state index in [1.807, 2.05) is 11.8 Å². The molecule has 0 aliphatic heterocycles. The molecule has 1 aliphatic carbocycles. The topological polar surface area (TPSA) is 66.8 Å². The highest BCUT2D eigenvalue weighted by Crippen LogP contribution is 2.62. The van der Waals surface area contributed by atoms with Crippen LogP contribution in [0.4, 0.5) is 0 Å². The van der Waals surface area contributed by atoms with Gasteiger partial charge in [-0.25, -0.2) is 0 Å². The molecule has 0 spiro atoms. The van der Waals surface area contributed by atoms with E-state index >= 15 is 0 Å². The Morgan fingerprint density at radius 3 is 1.30 bits per heavy atom. The summed E-state index contributed by atoms with van der Waals surface area (Å²) in [6.07, 6.45) is 43.2. The summed E-state index contributed by atoms with van der Waals surface area (Å²) in [6, 6.07) is 0. The van der Waals surface area contributed by atoms with Gasteiger partial charge in [-0.15, -0.1) is 0 Å². The van der Waals surface area contributed by atoms with Crippen LogP contribution in [0.3, 0.4) is 0 Å². The summed E-state index contributed by atoms with van der Waals surface area (Å²) < 4.78 is 6.42. The average molecular weight is 807 g/mol. The molecule has 0 amide bonds. The monoisotopic (exact) mass is 807 g/mol. The van der Waals surface area contributed by atoms with E-state index in [9.17, 15) is 15.0 Å². The first-order valence-corrected chi connectivity index (χ1v) is 25.7. The van der Waals surface area contributed by atoms with Crippen LogP contribution in [0.5, 0.6) is 0 Å². The Bertz CT molecular complexity index is 989. The molecule has 4 unspecified atom stereocenters. The molecule has 1 rings (SSSR count). The molecule has 56 heavy (non-hydrogen) atoms. The second-order valence-electron chi connectivity index (χ2n) is 19.5. The Hall–Kier alpha value is -0.520. The maximum Gasteiger partial charge on any atom is 0.306 e. The molecular formula is C51H98O4S. The average Bonchev–Trinajstić information content (AvgIpc) is 3.14. The van der Waals surface area contributed by atoms with Gasteiger partial charge in [0.1, 0.15) is 5.60 Å². The predicted octanol–water partition coefficient (Wildman–Crippen LogP) is 16.6. The van der Waals surface area contributed by atoms with Gasteiger partial charge in [-0.1, -0.05) is 235 Å². The van der Waals surface area contributed by atoms with Gasteiger partial charge in [-0.2, -0.15) is 11.8 Å². The second kappa shape index (κ2) is 31.4. The van der Waals surface area contributed by atoms with Crippen LogP contribution in [0, 0.1) is 10.8 Å². The molecule has 0 aromatic heterocycles. The predicted molar refractivity (Wildman–Crippen MR) is 248 cm³/mol. The van der Waals surface area contributed by atoms with Crippen molar-refractivity contribution >= 4 is 17.7 Å². The van der Waals surface area contributed by atoms with Crippen molar-refractivity contribution in [3.8, 4) is 0 Å².